The van der Waals surface area contributed by atoms with Crippen LogP contribution in [0.5, 0.6) is 0 Å². The van der Waals surface area contributed by atoms with Gasteiger partial charge in [-0.1, -0.05) is 17.3 Å². The molecule has 2 atom stereocenters. The molecule has 1 aliphatic carbocycles. The lowest BCUT2D eigenvalue weighted by atomic mass is 10.1. The maximum absolute atomic E-state index is 13.3. The maximum atomic E-state index is 13.3. The molecule has 1 saturated carbocycles. The van der Waals surface area contributed by atoms with Gasteiger partial charge in [0.1, 0.15) is 5.82 Å². The molecule has 0 bridgehead atoms. The largest absolute Gasteiger partial charge is 0.347 e. The molecule has 1 aliphatic heterocycles. The molecule has 26 heavy (non-hydrogen) atoms. The van der Waals surface area contributed by atoms with Gasteiger partial charge in [-0.2, -0.15) is 0 Å². The van der Waals surface area contributed by atoms with Crippen molar-refractivity contribution in [1.82, 2.24) is 25.6 Å². The van der Waals surface area contributed by atoms with Gasteiger partial charge in [0.15, 0.2) is 5.69 Å². The Morgan fingerprint density at radius 1 is 1.35 bits per heavy atom. The van der Waals surface area contributed by atoms with Crippen LogP contribution in [0, 0.1) is 12.7 Å². The summed E-state index contributed by atoms with van der Waals surface area (Å²) in [5.74, 6) is -0.253. The molecule has 0 spiro atoms. The lowest BCUT2D eigenvalue weighted by Crippen LogP contribution is -2.31. The quantitative estimate of drug-likeness (QED) is 0.855. The van der Waals surface area contributed by atoms with Crippen LogP contribution in [0.2, 0.25) is 0 Å². The van der Waals surface area contributed by atoms with Crippen LogP contribution < -0.4 is 10.6 Å². The fraction of sp³-hybridized carbons (Fsp3) is 0.500. The standard InChI is InChI=1S/C18H22FN5O.ClH/c1-11-17(22-23-24(11)14-5-7-20-8-6-14)18(25)21-16-10-15(16)12-3-2-4-13(19)9-12;/h2-4,9,14-16,20H,5-8,10H2,1H3,(H,21,25);1H. The summed E-state index contributed by atoms with van der Waals surface area (Å²) in [6.07, 6.45) is 2.82. The molecule has 0 radical (unpaired) electrons. The predicted octanol–water partition coefficient (Wildman–Crippen LogP) is 2.36. The van der Waals surface area contributed by atoms with E-state index in [1.807, 2.05) is 17.7 Å². The van der Waals surface area contributed by atoms with Gasteiger partial charge in [-0.3, -0.25) is 4.79 Å². The van der Waals surface area contributed by atoms with Crippen LogP contribution in [0.1, 0.15) is 53.0 Å². The second kappa shape index (κ2) is 7.72. The number of carbonyl (C=O) groups excluding carboxylic acids is 1. The van der Waals surface area contributed by atoms with Crippen LogP contribution in [0.15, 0.2) is 24.3 Å². The molecular formula is C18H23ClFN5O. The average molecular weight is 380 g/mol. The number of hydrogen-bond donors (Lipinski definition) is 2. The van der Waals surface area contributed by atoms with Gasteiger partial charge in [0.2, 0.25) is 0 Å². The average Bonchev–Trinajstić information content (AvgIpc) is 3.27. The summed E-state index contributed by atoms with van der Waals surface area (Å²) < 4.78 is 15.2. The number of nitrogens with one attached hydrogen (secondary N) is 2. The molecule has 4 rings (SSSR count). The van der Waals surface area contributed by atoms with E-state index in [-0.39, 0.29) is 36.1 Å². The van der Waals surface area contributed by atoms with Gasteiger partial charge in [0.25, 0.3) is 5.91 Å². The Kier molecular flexibility index (Phi) is 5.58. The minimum atomic E-state index is -0.241. The van der Waals surface area contributed by atoms with Crippen LogP contribution in [0.3, 0.4) is 0 Å². The first-order valence-corrected chi connectivity index (χ1v) is 8.82. The summed E-state index contributed by atoms with van der Waals surface area (Å²) >= 11 is 0. The molecule has 2 aliphatic rings. The van der Waals surface area contributed by atoms with Gasteiger partial charge in [-0.25, -0.2) is 9.07 Å². The molecule has 2 unspecified atom stereocenters. The summed E-state index contributed by atoms with van der Waals surface area (Å²) in [5, 5.41) is 14.6. The summed E-state index contributed by atoms with van der Waals surface area (Å²) in [7, 11) is 0. The number of aromatic nitrogens is 3. The Labute approximate surface area is 158 Å². The van der Waals surface area contributed by atoms with Gasteiger partial charge < -0.3 is 10.6 Å². The highest BCUT2D eigenvalue weighted by molar-refractivity contribution is 5.93. The summed E-state index contributed by atoms with van der Waals surface area (Å²) in [6, 6.07) is 6.92. The number of piperidine rings is 1. The Morgan fingerprint density at radius 3 is 2.85 bits per heavy atom. The molecule has 140 valence electrons. The van der Waals surface area contributed by atoms with Crippen LogP contribution in [0.25, 0.3) is 0 Å². The van der Waals surface area contributed by atoms with E-state index in [1.54, 1.807) is 6.07 Å². The molecule has 1 saturated heterocycles. The number of halogens is 2. The van der Waals surface area contributed by atoms with Gasteiger partial charge >= 0.3 is 0 Å². The number of benzene rings is 1. The number of carbonyl (C=O) groups is 1. The maximum Gasteiger partial charge on any atom is 0.273 e. The Hall–Kier alpha value is -1.99. The van der Waals surface area contributed by atoms with Crippen LogP contribution in [-0.4, -0.2) is 40.0 Å². The highest BCUT2D eigenvalue weighted by Gasteiger charge is 2.40. The van der Waals surface area contributed by atoms with Crippen molar-refractivity contribution in [3.63, 3.8) is 0 Å². The van der Waals surface area contributed by atoms with E-state index >= 15 is 0 Å². The van der Waals surface area contributed by atoms with Crippen LogP contribution >= 0.6 is 12.4 Å². The first-order valence-electron chi connectivity index (χ1n) is 8.82. The molecule has 8 heteroatoms. The molecule has 2 heterocycles. The highest BCUT2D eigenvalue weighted by Crippen LogP contribution is 2.41. The lowest BCUT2D eigenvalue weighted by molar-refractivity contribution is 0.0944. The molecule has 1 aromatic carbocycles. The van der Waals surface area contributed by atoms with E-state index in [0.29, 0.717) is 11.7 Å². The summed E-state index contributed by atoms with van der Waals surface area (Å²) in [6.45, 7) is 3.82. The van der Waals surface area contributed by atoms with E-state index in [2.05, 4.69) is 20.9 Å². The first-order chi connectivity index (χ1) is 12.1. The molecule has 1 aromatic heterocycles. The first kappa shape index (κ1) is 18.8. The van der Waals surface area contributed by atoms with Crippen molar-refractivity contribution >= 4 is 18.3 Å². The highest BCUT2D eigenvalue weighted by atomic mass is 35.5. The second-order valence-electron chi connectivity index (χ2n) is 6.93. The zero-order chi connectivity index (χ0) is 17.4. The van der Waals surface area contributed by atoms with Crippen molar-refractivity contribution in [1.29, 1.82) is 0 Å². The lowest BCUT2D eigenvalue weighted by Gasteiger charge is -2.23. The Morgan fingerprint density at radius 2 is 2.12 bits per heavy atom. The van der Waals surface area contributed by atoms with Crippen LogP contribution in [0.4, 0.5) is 4.39 Å². The normalized spacial score (nSPS) is 22.5. The topological polar surface area (TPSA) is 71.8 Å². The number of amides is 1. The van der Waals surface area contributed by atoms with E-state index in [9.17, 15) is 9.18 Å². The minimum absolute atomic E-state index is 0. The van der Waals surface area contributed by atoms with Gasteiger partial charge in [0, 0.05) is 12.0 Å². The SMILES string of the molecule is Cc1c(C(=O)NC2CC2c2cccc(F)c2)nnn1C1CCNCC1.Cl. The zero-order valence-corrected chi connectivity index (χ0v) is 15.4. The summed E-state index contributed by atoms with van der Waals surface area (Å²) in [4.78, 5) is 12.5. The fourth-order valence-electron chi connectivity index (χ4n) is 3.65. The monoisotopic (exact) mass is 379 g/mol. The van der Waals surface area contributed by atoms with Gasteiger partial charge in [-0.05, 0) is 57.0 Å². The number of rotatable bonds is 4. The Balaban J connectivity index is 0.00000196. The molecule has 2 aromatic rings. The van der Waals surface area contributed by atoms with E-state index in [0.717, 1.165) is 43.6 Å². The van der Waals surface area contributed by atoms with E-state index < -0.39 is 0 Å². The Bertz CT molecular complexity index is 790. The van der Waals surface area contributed by atoms with Crippen molar-refractivity contribution in [3.8, 4) is 0 Å². The zero-order valence-electron chi connectivity index (χ0n) is 14.6. The predicted molar refractivity (Wildman–Crippen MR) is 98.2 cm³/mol. The molecule has 2 fully saturated rings. The minimum Gasteiger partial charge on any atom is -0.347 e. The third-order valence-electron chi connectivity index (χ3n) is 5.18. The molecule has 2 N–H and O–H groups in total. The van der Waals surface area contributed by atoms with Crippen molar-refractivity contribution in [2.45, 2.75) is 44.2 Å². The van der Waals surface area contributed by atoms with Crippen molar-refractivity contribution in [2.24, 2.45) is 0 Å². The van der Waals surface area contributed by atoms with Crippen LogP contribution in [-0.2, 0) is 0 Å². The van der Waals surface area contributed by atoms with E-state index in [1.165, 1.54) is 12.1 Å². The summed E-state index contributed by atoms with van der Waals surface area (Å²) in [5.41, 5.74) is 2.14. The van der Waals surface area contributed by atoms with Crippen molar-refractivity contribution < 1.29 is 9.18 Å². The number of hydrogen-bond acceptors (Lipinski definition) is 4. The van der Waals surface area contributed by atoms with Gasteiger partial charge in [-0.15, -0.1) is 17.5 Å². The third-order valence-corrected chi connectivity index (χ3v) is 5.18. The molecular weight excluding hydrogens is 357 g/mol. The molecule has 6 nitrogen and oxygen atoms in total. The second-order valence-corrected chi connectivity index (χ2v) is 6.93. The van der Waals surface area contributed by atoms with Crippen molar-refractivity contribution in [2.75, 3.05) is 13.1 Å². The van der Waals surface area contributed by atoms with E-state index in [4.69, 9.17) is 0 Å². The smallest absolute Gasteiger partial charge is 0.273 e. The van der Waals surface area contributed by atoms with Crippen molar-refractivity contribution in [3.05, 3.63) is 47.0 Å². The van der Waals surface area contributed by atoms with Gasteiger partial charge in [0.05, 0.1) is 11.7 Å². The third kappa shape index (κ3) is 3.73. The fourth-order valence-corrected chi connectivity index (χ4v) is 3.65. The number of nitrogens with zero attached hydrogens (tertiary/aromatic N) is 3. The molecule has 1 amide bonds.